The topological polar surface area (TPSA) is 87.8 Å². The molecule has 1 aliphatic rings. The van der Waals surface area contributed by atoms with Crippen LogP contribution in [0.4, 0.5) is 15.8 Å². The van der Waals surface area contributed by atoms with Crippen molar-refractivity contribution in [2.45, 2.75) is 19.1 Å². The molecule has 0 aliphatic carbocycles. The highest BCUT2D eigenvalue weighted by Crippen LogP contribution is 2.19. The van der Waals surface area contributed by atoms with Gasteiger partial charge in [0.15, 0.2) is 0 Å². The lowest BCUT2D eigenvalue weighted by Crippen LogP contribution is -2.51. The van der Waals surface area contributed by atoms with Crippen molar-refractivity contribution in [3.05, 3.63) is 24.0 Å². The number of carbonyl (C=O) groups is 1. The number of hydrogen-bond donors (Lipinski definition) is 3. The summed E-state index contributed by atoms with van der Waals surface area (Å²) in [5, 5.41) is 11.8. The van der Waals surface area contributed by atoms with Gasteiger partial charge in [-0.05, 0) is 25.1 Å². The van der Waals surface area contributed by atoms with E-state index in [1.54, 1.807) is 0 Å². The normalized spacial score (nSPS) is 23.0. The second kappa shape index (κ2) is 6.84. The molecular formula is C14H20FN3O3. The van der Waals surface area contributed by atoms with E-state index < -0.39 is 5.82 Å². The number of benzene rings is 1. The summed E-state index contributed by atoms with van der Waals surface area (Å²) in [6.45, 7) is 3.00. The maximum atomic E-state index is 13.0. The minimum absolute atomic E-state index is 0.0737. The maximum absolute atomic E-state index is 13.0. The van der Waals surface area contributed by atoms with Crippen molar-refractivity contribution < 1.29 is 19.0 Å². The summed E-state index contributed by atoms with van der Waals surface area (Å²) < 4.78 is 18.4. The molecule has 2 atom stereocenters. The average molecular weight is 297 g/mol. The summed E-state index contributed by atoms with van der Waals surface area (Å²) in [6.07, 6.45) is -0.273. The van der Waals surface area contributed by atoms with Gasteiger partial charge < -0.3 is 20.9 Å². The first-order valence-electron chi connectivity index (χ1n) is 6.81. The lowest BCUT2D eigenvalue weighted by molar-refractivity contribution is -0.122. The minimum atomic E-state index is -0.446. The van der Waals surface area contributed by atoms with E-state index in [4.69, 9.17) is 15.6 Å². The number of hydrogen-bond acceptors (Lipinski definition) is 5. The number of halogens is 1. The lowest BCUT2D eigenvalue weighted by Gasteiger charge is -2.36. The molecule has 1 aromatic rings. The van der Waals surface area contributed by atoms with Gasteiger partial charge in [0.2, 0.25) is 5.91 Å². The molecule has 6 nitrogen and oxygen atoms in total. The lowest BCUT2D eigenvalue weighted by atomic mass is 10.2. The van der Waals surface area contributed by atoms with Gasteiger partial charge in [-0.25, -0.2) is 4.39 Å². The van der Waals surface area contributed by atoms with Gasteiger partial charge in [-0.2, -0.15) is 0 Å². The molecule has 1 aromatic carbocycles. The van der Waals surface area contributed by atoms with Crippen LogP contribution >= 0.6 is 0 Å². The second-order valence-corrected chi connectivity index (χ2v) is 5.20. The van der Waals surface area contributed by atoms with Gasteiger partial charge >= 0.3 is 0 Å². The number of rotatable bonds is 4. The van der Waals surface area contributed by atoms with Gasteiger partial charge in [-0.1, -0.05) is 0 Å². The highest BCUT2D eigenvalue weighted by molar-refractivity contribution is 5.95. The number of nitrogens with one attached hydrogen (secondary N) is 1. The number of anilines is 2. The molecule has 0 bridgehead atoms. The van der Waals surface area contributed by atoms with Crippen LogP contribution in [0.15, 0.2) is 18.2 Å². The van der Waals surface area contributed by atoms with E-state index in [0.29, 0.717) is 18.8 Å². The van der Waals surface area contributed by atoms with Crippen LogP contribution in [-0.4, -0.2) is 54.4 Å². The molecule has 1 heterocycles. The molecule has 1 saturated heterocycles. The predicted octanol–water partition coefficient (Wildman–Crippen LogP) is 0.428. The van der Waals surface area contributed by atoms with Crippen LogP contribution in [0.25, 0.3) is 0 Å². The number of aliphatic hydroxyl groups excluding tert-OH is 1. The average Bonchev–Trinajstić information content (AvgIpc) is 2.44. The summed E-state index contributed by atoms with van der Waals surface area (Å²) in [6, 6.07) is 3.92. The zero-order chi connectivity index (χ0) is 15.4. The Morgan fingerprint density at radius 3 is 3.05 bits per heavy atom. The third-order valence-electron chi connectivity index (χ3n) is 3.47. The molecule has 21 heavy (non-hydrogen) atoms. The molecular weight excluding hydrogens is 277 g/mol. The zero-order valence-electron chi connectivity index (χ0n) is 11.9. The first-order chi connectivity index (χ1) is 9.99. The monoisotopic (exact) mass is 297 g/mol. The van der Waals surface area contributed by atoms with Crippen molar-refractivity contribution in [1.82, 2.24) is 4.90 Å². The summed E-state index contributed by atoms with van der Waals surface area (Å²) in [5.74, 6) is -0.683. The van der Waals surface area contributed by atoms with E-state index in [2.05, 4.69) is 5.32 Å². The molecule has 0 radical (unpaired) electrons. The van der Waals surface area contributed by atoms with E-state index in [1.807, 2.05) is 11.8 Å². The fraction of sp³-hybridized carbons (Fsp3) is 0.500. The Kier molecular flexibility index (Phi) is 5.11. The van der Waals surface area contributed by atoms with Crippen LogP contribution in [0.3, 0.4) is 0 Å². The van der Waals surface area contributed by atoms with Crippen molar-refractivity contribution in [2.24, 2.45) is 0 Å². The Morgan fingerprint density at radius 2 is 2.38 bits per heavy atom. The molecule has 1 fully saturated rings. The van der Waals surface area contributed by atoms with E-state index in [9.17, 15) is 9.18 Å². The van der Waals surface area contributed by atoms with Crippen LogP contribution in [0.2, 0.25) is 0 Å². The largest absolute Gasteiger partial charge is 0.397 e. The van der Waals surface area contributed by atoms with Gasteiger partial charge in [0.25, 0.3) is 0 Å². The Morgan fingerprint density at radius 1 is 1.62 bits per heavy atom. The van der Waals surface area contributed by atoms with Crippen molar-refractivity contribution in [3.63, 3.8) is 0 Å². The first-order valence-corrected chi connectivity index (χ1v) is 6.81. The summed E-state index contributed by atoms with van der Waals surface area (Å²) in [5.41, 5.74) is 6.23. The number of carbonyl (C=O) groups excluding carboxylic acids is 1. The molecule has 0 saturated carbocycles. The van der Waals surface area contributed by atoms with Crippen LogP contribution in [-0.2, 0) is 9.53 Å². The highest BCUT2D eigenvalue weighted by Gasteiger charge is 2.27. The Labute approximate surface area is 122 Å². The number of morpholine rings is 1. The standard InChI is InChI=1S/C14H20FN3O3/c1-9-8-21-11(7-19)5-18(9)6-14(20)17-13-3-2-10(15)4-12(13)16/h2-4,9,11,19H,5-8,16H2,1H3,(H,17,20). The molecule has 4 N–H and O–H groups in total. The number of ether oxygens (including phenoxy) is 1. The molecule has 116 valence electrons. The van der Waals surface area contributed by atoms with E-state index in [-0.39, 0.29) is 36.9 Å². The number of aliphatic hydroxyl groups is 1. The van der Waals surface area contributed by atoms with Crippen molar-refractivity contribution in [1.29, 1.82) is 0 Å². The molecule has 2 unspecified atom stereocenters. The molecule has 1 aliphatic heterocycles. The van der Waals surface area contributed by atoms with Crippen LogP contribution in [0, 0.1) is 5.82 Å². The third-order valence-corrected chi connectivity index (χ3v) is 3.47. The zero-order valence-corrected chi connectivity index (χ0v) is 11.9. The van der Waals surface area contributed by atoms with Gasteiger partial charge in [-0.15, -0.1) is 0 Å². The summed E-state index contributed by atoms with van der Waals surface area (Å²) >= 11 is 0. The van der Waals surface area contributed by atoms with Gasteiger partial charge in [-0.3, -0.25) is 9.69 Å². The fourth-order valence-corrected chi connectivity index (χ4v) is 2.23. The van der Waals surface area contributed by atoms with E-state index in [1.165, 1.54) is 12.1 Å². The Balaban J connectivity index is 1.94. The van der Waals surface area contributed by atoms with Gasteiger partial charge in [0.1, 0.15) is 5.82 Å². The van der Waals surface area contributed by atoms with Crippen LogP contribution in [0.5, 0.6) is 0 Å². The highest BCUT2D eigenvalue weighted by atomic mass is 19.1. The third kappa shape index (κ3) is 4.13. The number of amides is 1. The van der Waals surface area contributed by atoms with Gasteiger partial charge in [0, 0.05) is 12.6 Å². The molecule has 7 heteroatoms. The van der Waals surface area contributed by atoms with Crippen molar-refractivity contribution in [2.75, 3.05) is 37.4 Å². The van der Waals surface area contributed by atoms with E-state index in [0.717, 1.165) is 6.07 Å². The Bertz CT molecular complexity index is 512. The quantitative estimate of drug-likeness (QED) is 0.701. The van der Waals surface area contributed by atoms with Crippen LogP contribution in [0.1, 0.15) is 6.92 Å². The Hall–Kier alpha value is -1.70. The molecule has 1 amide bonds. The van der Waals surface area contributed by atoms with Gasteiger partial charge in [0.05, 0.1) is 37.2 Å². The fourth-order valence-electron chi connectivity index (χ4n) is 2.23. The molecule has 0 aromatic heterocycles. The number of nitrogens with two attached hydrogens (primary N) is 1. The number of nitrogens with zero attached hydrogens (tertiary/aromatic N) is 1. The van der Waals surface area contributed by atoms with Crippen molar-refractivity contribution >= 4 is 17.3 Å². The predicted molar refractivity (Wildman–Crippen MR) is 77.3 cm³/mol. The SMILES string of the molecule is CC1COC(CO)CN1CC(=O)Nc1ccc(F)cc1N. The summed E-state index contributed by atoms with van der Waals surface area (Å²) in [4.78, 5) is 14.0. The smallest absolute Gasteiger partial charge is 0.238 e. The minimum Gasteiger partial charge on any atom is -0.397 e. The first kappa shape index (κ1) is 15.7. The van der Waals surface area contributed by atoms with Crippen LogP contribution < -0.4 is 11.1 Å². The number of nitrogen functional groups attached to an aromatic ring is 1. The molecule has 0 spiro atoms. The second-order valence-electron chi connectivity index (χ2n) is 5.20. The summed E-state index contributed by atoms with van der Waals surface area (Å²) in [7, 11) is 0. The van der Waals surface area contributed by atoms with Crippen molar-refractivity contribution in [3.8, 4) is 0 Å². The van der Waals surface area contributed by atoms with E-state index >= 15 is 0 Å². The maximum Gasteiger partial charge on any atom is 0.238 e. The molecule has 2 rings (SSSR count).